The summed E-state index contributed by atoms with van der Waals surface area (Å²) in [6, 6.07) is 7.42. The topological polar surface area (TPSA) is 47.3 Å². The van der Waals surface area contributed by atoms with Crippen molar-refractivity contribution in [2.45, 2.75) is 31.9 Å². The molecule has 0 aliphatic carbocycles. The summed E-state index contributed by atoms with van der Waals surface area (Å²) in [6.07, 6.45) is 1.85. The number of nitrogens with zero attached hydrogens (tertiary/aromatic N) is 2. The number of benzene rings is 1. The summed E-state index contributed by atoms with van der Waals surface area (Å²) in [5.41, 5.74) is 1.08. The summed E-state index contributed by atoms with van der Waals surface area (Å²) in [5.74, 6) is 0. The van der Waals surface area contributed by atoms with Crippen molar-refractivity contribution in [3.8, 4) is 6.07 Å². The van der Waals surface area contributed by atoms with Gasteiger partial charge in [0, 0.05) is 24.7 Å². The Balaban J connectivity index is 1.95. The SMILES string of the molecule is CCCC1(O)CN(Cc2ccc(C#N)cc2Cl)C1. The van der Waals surface area contributed by atoms with Gasteiger partial charge in [-0.3, -0.25) is 4.90 Å². The average molecular weight is 265 g/mol. The van der Waals surface area contributed by atoms with Gasteiger partial charge in [0.05, 0.1) is 17.2 Å². The Bertz CT molecular complexity index is 475. The van der Waals surface area contributed by atoms with Crippen LogP contribution in [0.15, 0.2) is 18.2 Å². The molecular weight excluding hydrogens is 248 g/mol. The first kappa shape index (κ1) is 13.4. The van der Waals surface area contributed by atoms with Crippen LogP contribution in [0.2, 0.25) is 5.02 Å². The molecule has 1 heterocycles. The smallest absolute Gasteiger partial charge is 0.0992 e. The minimum Gasteiger partial charge on any atom is -0.387 e. The van der Waals surface area contributed by atoms with E-state index in [2.05, 4.69) is 17.9 Å². The van der Waals surface area contributed by atoms with Crippen LogP contribution in [0.5, 0.6) is 0 Å². The van der Waals surface area contributed by atoms with E-state index in [1.807, 2.05) is 6.07 Å². The number of hydrogen-bond acceptors (Lipinski definition) is 3. The largest absolute Gasteiger partial charge is 0.387 e. The summed E-state index contributed by atoms with van der Waals surface area (Å²) in [5, 5.41) is 19.5. The lowest BCUT2D eigenvalue weighted by atomic mass is 9.89. The van der Waals surface area contributed by atoms with Crippen LogP contribution in [0.1, 0.15) is 30.9 Å². The average Bonchev–Trinajstić information content (AvgIpc) is 2.30. The maximum atomic E-state index is 10.1. The number of rotatable bonds is 4. The maximum Gasteiger partial charge on any atom is 0.0992 e. The monoisotopic (exact) mass is 264 g/mol. The van der Waals surface area contributed by atoms with Gasteiger partial charge < -0.3 is 5.11 Å². The fourth-order valence-corrected chi connectivity index (χ4v) is 2.75. The van der Waals surface area contributed by atoms with Gasteiger partial charge in [-0.15, -0.1) is 0 Å². The van der Waals surface area contributed by atoms with Crippen LogP contribution in [0.25, 0.3) is 0 Å². The number of hydrogen-bond donors (Lipinski definition) is 1. The Morgan fingerprint density at radius 3 is 2.78 bits per heavy atom. The van der Waals surface area contributed by atoms with E-state index < -0.39 is 5.60 Å². The highest BCUT2D eigenvalue weighted by Crippen LogP contribution is 2.29. The Morgan fingerprint density at radius 1 is 1.50 bits per heavy atom. The number of likely N-dealkylation sites (tertiary alicyclic amines) is 1. The molecular formula is C14H17ClN2O. The van der Waals surface area contributed by atoms with Crippen LogP contribution < -0.4 is 0 Å². The van der Waals surface area contributed by atoms with Crippen molar-refractivity contribution < 1.29 is 5.11 Å². The van der Waals surface area contributed by atoms with Crippen molar-refractivity contribution in [3.05, 3.63) is 34.3 Å². The molecule has 18 heavy (non-hydrogen) atoms. The van der Waals surface area contributed by atoms with Crippen LogP contribution in [-0.2, 0) is 6.54 Å². The molecule has 0 saturated carbocycles. The summed E-state index contributed by atoms with van der Waals surface area (Å²) in [6.45, 7) is 4.23. The van der Waals surface area contributed by atoms with Gasteiger partial charge in [0.25, 0.3) is 0 Å². The van der Waals surface area contributed by atoms with Gasteiger partial charge in [-0.2, -0.15) is 5.26 Å². The molecule has 0 radical (unpaired) electrons. The lowest BCUT2D eigenvalue weighted by Crippen LogP contribution is -2.60. The maximum absolute atomic E-state index is 10.1. The van der Waals surface area contributed by atoms with E-state index in [0.717, 1.165) is 24.9 Å². The highest BCUT2D eigenvalue weighted by atomic mass is 35.5. The zero-order valence-electron chi connectivity index (χ0n) is 10.5. The molecule has 0 bridgehead atoms. The quantitative estimate of drug-likeness (QED) is 0.909. The highest BCUT2D eigenvalue weighted by Gasteiger charge is 2.39. The predicted octanol–water partition coefficient (Wildman–Crippen LogP) is 2.56. The minimum atomic E-state index is -0.506. The molecule has 0 atom stereocenters. The molecule has 1 N–H and O–H groups in total. The van der Waals surface area contributed by atoms with E-state index in [1.54, 1.807) is 12.1 Å². The molecule has 0 aromatic heterocycles. The van der Waals surface area contributed by atoms with E-state index in [-0.39, 0.29) is 0 Å². The standard InChI is InChI=1S/C14H17ClN2O/c1-2-5-14(18)9-17(10-14)8-12-4-3-11(7-16)6-13(12)15/h3-4,6,18H,2,5,8-10H2,1H3. The van der Waals surface area contributed by atoms with Crippen molar-refractivity contribution in [2.24, 2.45) is 0 Å². The lowest BCUT2D eigenvalue weighted by Gasteiger charge is -2.46. The number of β-amino-alcohol motifs (C(OH)–C–C–N with tert-alkyl or cyclic N) is 1. The van der Waals surface area contributed by atoms with Gasteiger partial charge in [-0.1, -0.05) is 31.0 Å². The molecule has 0 amide bonds. The van der Waals surface area contributed by atoms with Crippen LogP contribution >= 0.6 is 11.6 Å². The molecule has 1 saturated heterocycles. The van der Waals surface area contributed by atoms with Gasteiger partial charge in [-0.25, -0.2) is 0 Å². The molecule has 1 aromatic carbocycles. The van der Waals surface area contributed by atoms with E-state index in [4.69, 9.17) is 16.9 Å². The van der Waals surface area contributed by atoms with E-state index in [0.29, 0.717) is 23.7 Å². The van der Waals surface area contributed by atoms with Crippen LogP contribution in [0.3, 0.4) is 0 Å². The van der Waals surface area contributed by atoms with Gasteiger partial charge in [0.2, 0.25) is 0 Å². The molecule has 1 aromatic rings. The second-order valence-electron chi connectivity index (χ2n) is 5.04. The van der Waals surface area contributed by atoms with E-state index in [1.165, 1.54) is 0 Å². The summed E-state index contributed by atoms with van der Waals surface area (Å²) in [7, 11) is 0. The Morgan fingerprint density at radius 2 is 2.22 bits per heavy atom. The van der Waals surface area contributed by atoms with E-state index in [9.17, 15) is 5.11 Å². The first-order chi connectivity index (χ1) is 8.56. The second-order valence-corrected chi connectivity index (χ2v) is 5.44. The number of aliphatic hydroxyl groups is 1. The fraction of sp³-hybridized carbons (Fsp3) is 0.500. The third-order valence-electron chi connectivity index (χ3n) is 3.33. The Kier molecular flexibility index (Phi) is 3.91. The highest BCUT2D eigenvalue weighted by molar-refractivity contribution is 6.31. The van der Waals surface area contributed by atoms with Crippen molar-refractivity contribution in [2.75, 3.05) is 13.1 Å². The first-order valence-corrected chi connectivity index (χ1v) is 6.57. The van der Waals surface area contributed by atoms with Crippen molar-refractivity contribution in [3.63, 3.8) is 0 Å². The molecule has 0 spiro atoms. The lowest BCUT2D eigenvalue weighted by molar-refractivity contribution is -0.106. The second kappa shape index (κ2) is 5.27. The van der Waals surface area contributed by atoms with Gasteiger partial charge in [0.15, 0.2) is 0 Å². The molecule has 2 rings (SSSR count). The zero-order chi connectivity index (χ0) is 13.2. The minimum absolute atomic E-state index is 0.506. The zero-order valence-corrected chi connectivity index (χ0v) is 11.2. The van der Waals surface area contributed by atoms with Crippen molar-refractivity contribution in [1.82, 2.24) is 4.90 Å². The molecule has 1 fully saturated rings. The molecule has 1 aliphatic heterocycles. The third-order valence-corrected chi connectivity index (χ3v) is 3.68. The van der Waals surface area contributed by atoms with Gasteiger partial charge in [-0.05, 0) is 24.1 Å². The molecule has 0 unspecified atom stereocenters. The van der Waals surface area contributed by atoms with Crippen molar-refractivity contribution >= 4 is 11.6 Å². The normalized spacial score (nSPS) is 18.1. The molecule has 96 valence electrons. The summed E-state index contributed by atoms with van der Waals surface area (Å²) < 4.78 is 0. The number of halogens is 1. The van der Waals surface area contributed by atoms with Crippen LogP contribution in [0.4, 0.5) is 0 Å². The van der Waals surface area contributed by atoms with Gasteiger partial charge in [0.1, 0.15) is 0 Å². The van der Waals surface area contributed by atoms with E-state index >= 15 is 0 Å². The third kappa shape index (κ3) is 2.84. The Hall–Kier alpha value is -1.08. The fourth-order valence-electron chi connectivity index (χ4n) is 2.51. The summed E-state index contributed by atoms with van der Waals surface area (Å²) in [4.78, 5) is 2.17. The molecule has 1 aliphatic rings. The van der Waals surface area contributed by atoms with Crippen LogP contribution in [0, 0.1) is 11.3 Å². The van der Waals surface area contributed by atoms with Crippen LogP contribution in [-0.4, -0.2) is 28.7 Å². The van der Waals surface area contributed by atoms with Gasteiger partial charge >= 0.3 is 0 Å². The first-order valence-electron chi connectivity index (χ1n) is 6.19. The summed E-state index contributed by atoms with van der Waals surface area (Å²) >= 11 is 6.13. The predicted molar refractivity (Wildman–Crippen MR) is 71.3 cm³/mol. The number of nitriles is 1. The molecule has 3 nitrogen and oxygen atoms in total. The Labute approximate surface area is 113 Å². The molecule has 4 heteroatoms. The van der Waals surface area contributed by atoms with Crippen molar-refractivity contribution in [1.29, 1.82) is 5.26 Å².